The highest BCUT2D eigenvalue weighted by molar-refractivity contribution is 7.89. The zero-order valence-corrected chi connectivity index (χ0v) is 17.6. The first kappa shape index (κ1) is 21.5. The van der Waals surface area contributed by atoms with Gasteiger partial charge in [-0.1, -0.05) is 38.1 Å². The van der Waals surface area contributed by atoms with Crippen molar-refractivity contribution in [3.63, 3.8) is 0 Å². The molecule has 156 valence electrons. The zero-order valence-electron chi connectivity index (χ0n) is 16.8. The maximum Gasteiger partial charge on any atom is 0.248 e. The predicted octanol–water partition coefficient (Wildman–Crippen LogP) is 4.53. The van der Waals surface area contributed by atoms with Crippen LogP contribution in [0.15, 0.2) is 82.3 Å². The van der Waals surface area contributed by atoms with Crippen LogP contribution in [-0.4, -0.2) is 14.3 Å². The number of hydrogen-bond acceptors (Lipinski definition) is 4. The summed E-state index contributed by atoms with van der Waals surface area (Å²) in [5, 5.41) is 2.80. The van der Waals surface area contributed by atoms with Crippen LogP contribution in [0.4, 0.5) is 5.69 Å². The summed E-state index contributed by atoms with van der Waals surface area (Å²) in [6.07, 6.45) is 4.53. The Morgan fingerprint density at radius 3 is 2.33 bits per heavy atom. The van der Waals surface area contributed by atoms with Crippen LogP contribution in [0.5, 0.6) is 0 Å². The van der Waals surface area contributed by atoms with E-state index in [-0.39, 0.29) is 17.3 Å². The summed E-state index contributed by atoms with van der Waals surface area (Å²) < 4.78 is 32.3. The van der Waals surface area contributed by atoms with Crippen LogP contribution < -0.4 is 10.0 Å². The Bertz CT molecular complexity index is 1100. The molecule has 3 aromatic rings. The molecule has 0 radical (unpaired) electrons. The molecule has 7 heteroatoms. The molecule has 0 unspecified atom stereocenters. The smallest absolute Gasteiger partial charge is 0.248 e. The summed E-state index contributed by atoms with van der Waals surface area (Å²) in [5.74, 6) is 0.703. The van der Waals surface area contributed by atoms with Crippen molar-refractivity contribution in [2.24, 2.45) is 0 Å². The average Bonchev–Trinajstić information content (AvgIpc) is 3.25. The Hall–Kier alpha value is -3.16. The van der Waals surface area contributed by atoms with Crippen LogP contribution in [0.1, 0.15) is 36.7 Å². The van der Waals surface area contributed by atoms with Gasteiger partial charge in [-0.2, -0.15) is 0 Å². The van der Waals surface area contributed by atoms with Crippen LogP contribution in [0.2, 0.25) is 0 Å². The Labute approximate surface area is 176 Å². The quantitative estimate of drug-likeness (QED) is 0.520. The first-order valence-electron chi connectivity index (χ1n) is 9.54. The Balaban J connectivity index is 1.57. The predicted molar refractivity (Wildman–Crippen MR) is 117 cm³/mol. The molecule has 0 fully saturated rings. The molecule has 30 heavy (non-hydrogen) atoms. The van der Waals surface area contributed by atoms with Crippen molar-refractivity contribution >= 4 is 27.7 Å². The topological polar surface area (TPSA) is 88.4 Å². The number of sulfonamides is 1. The van der Waals surface area contributed by atoms with Crippen molar-refractivity contribution in [3.05, 3.63) is 89.9 Å². The van der Waals surface area contributed by atoms with Gasteiger partial charge in [0.05, 0.1) is 17.7 Å². The molecular weight excluding hydrogens is 400 g/mol. The molecule has 2 aromatic carbocycles. The molecule has 0 saturated heterocycles. The fraction of sp³-hybridized carbons (Fsp3) is 0.174. The Morgan fingerprint density at radius 1 is 1.03 bits per heavy atom. The highest BCUT2D eigenvalue weighted by Gasteiger charge is 2.14. The van der Waals surface area contributed by atoms with Crippen molar-refractivity contribution in [1.82, 2.24) is 4.72 Å². The molecule has 0 aliphatic rings. The van der Waals surface area contributed by atoms with Crippen LogP contribution in [-0.2, 0) is 21.4 Å². The highest BCUT2D eigenvalue weighted by Crippen LogP contribution is 2.17. The van der Waals surface area contributed by atoms with E-state index >= 15 is 0 Å². The van der Waals surface area contributed by atoms with Gasteiger partial charge in [0.15, 0.2) is 0 Å². The molecule has 1 amide bonds. The molecule has 2 N–H and O–H groups in total. The van der Waals surface area contributed by atoms with Gasteiger partial charge in [0.25, 0.3) is 0 Å². The second-order valence-electron chi connectivity index (χ2n) is 7.07. The van der Waals surface area contributed by atoms with E-state index < -0.39 is 10.0 Å². The van der Waals surface area contributed by atoms with E-state index in [1.165, 1.54) is 30.0 Å². The molecule has 0 saturated carbocycles. The van der Waals surface area contributed by atoms with Crippen LogP contribution in [0.3, 0.4) is 0 Å². The summed E-state index contributed by atoms with van der Waals surface area (Å²) in [5.41, 5.74) is 2.64. The fourth-order valence-electron chi connectivity index (χ4n) is 2.73. The van der Waals surface area contributed by atoms with E-state index in [4.69, 9.17) is 4.42 Å². The average molecular weight is 425 g/mol. The SMILES string of the molecule is CC(C)c1ccc(NC(=O)/C=C/c2ccc(S(=O)(=O)NCc3ccco3)cc2)cc1. The first-order chi connectivity index (χ1) is 14.3. The third-order valence-electron chi connectivity index (χ3n) is 4.48. The molecule has 0 spiro atoms. The zero-order chi connectivity index (χ0) is 21.6. The minimum atomic E-state index is -3.65. The monoisotopic (exact) mass is 424 g/mol. The van der Waals surface area contributed by atoms with Gasteiger partial charge >= 0.3 is 0 Å². The number of amides is 1. The third-order valence-corrected chi connectivity index (χ3v) is 5.90. The van der Waals surface area contributed by atoms with E-state index in [9.17, 15) is 13.2 Å². The summed E-state index contributed by atoms with van der Waals surface area (Å²) in [7, 11) is -3.65. The van der Waals surface area contributed by atoms with E-state index in [1.54, 1.807) is 30.3 Å². The largest absolute Gasteiger partial charge is 0.468 e. The number of hydrogen-bond donors (Lipinski definition) is 2. The number of nitrogens with one attached hydrogen (secondary N) is 2. The van der Waals surface area contributed by atoms with Crippen LogP contribution in [0.25, 0.3) is 6.08 Å². The minimum Gasteiger partial charge on any atom is -0.468 e. The van der Waals surface area contributed by atoms with Gasteiger partial charge in [0.2, 0.25) is 15.9 Å². The maximum atomic E-state index is 12.3. The summed E-state index contributed by atoms with van der Waals surface area (Å²) in [6, 6.07) is 17.4. The Morgan fingerprint density at radius 2 is 1.73 bits per heavy atom. The summed E-state index contributed by atoms with van der Waals surface area (Å²) in [4.78, 5) is 12.3. The number of rotatable bonds is 8. The highest BCUT2D eigenvalue weighted by atomic mass is 32.2. The molecule has 1 heterocycles. The van der Waals surface area contributed by atoms with Crippen molar-refractivity contribution in [1.29, 1.82) is 0 Å². The van der Waals surface area contributed by atoms with E-state index in [1.807, 2.05) is 24.3 Å². The molecular formula is C23H24N2O4S. The lowest BCUT2D eigenvalue weighted by molar-refractivity contribution is -0.111. The lowest BCUT2D eigenvalue weighted by atomic mass is 10.0. The molecule has 3 rings (SSSR count). The van der Waals surface area contributed by atoms with Crippen molar-refractivity contribution in [2.75, 3.05) is 5.32 Å². The van der Waals surface area contributed by atoms with Gasteiger partial charge in [-0.3, -0.25) is 4.79 Å². The number of carbonyl (C=O) groups excluding carboxylic acids is 1. The van der Waals surface area contributed by atoms with Crippen molar-refractivity contribution in [2.45, 2.75) is 31.2 Å². The summed E-state index contributed by atoms with van der Waals surface area (Å²) in [6.45, 7) is 4.30. The van der Waals surface area contributed by atoms with Crippen LogP contribution >= 0.6 is 0 Å². The molecule has 0 bridgehead atoms. The lowest BCUT2D eigenvalue weighted by Crippen LogP contribution is -2.22. The Kier molecular flexibility index (Phi) is 6.87. The number of furan rings is 1. The molecule has 6 nitrogen and oxygen atoms in total. The van der Waals surface area contributed by atoms with Gasteiger partial charge in [0, 0.05) is 11.8 Å². The van der Waals surface area contributed by atoms with E-state index in [0.717, 1.165) is 5.69 Å². The fourth-order valence-corrected chi connectivity index (χ4v) is 3.72. The van der Waals surface area contributed by atoms with Crippen molar-refractivity contribution in [3.8, 4) is 0 Å². The van der Waals surface area contributed by atoms with E-state index in [0.29, 0.717) is 17.2 Å². The number of carbonyl (C=O) groups is 1. The molecule has 0 atom stereocenters. The lowest BCUT2D eigenvalue weighted by Gasteiger charge is -2.07. The van der Waals surface area contributed by atoms with Gasteiger partial charge in [0.1, 0.15) is 5.76 Å². The standard InChI is InChI=1S/C23H24N2O4S/c1-17(2)19-8-10-20(11-9-19)25-23(26)14-7-18-5-12-22(13-6-18)30(27,28)24-16-21-4-3-15-29-21/h3-15,17,24H,16H2,1-2H3,(H,25,26)/b14-7+. The second kappa shape index (κ2) is 9.56. The first-order valence-corrected chi connectivity index (χ1v) is 11.0. The van der Waals surface area contributed by atoms with Gasteiger partial charge in [-0.25, -0.2) is 13.1 Å². The number of benzene rings is 2. The molecule has 0 aliphatic heterocycles. The van der Waals surface area contributed by atoms with E-state index in [2.05, 4.69) is 23.9 Å². The maximum absolute atomic E-state index is 12.3. The minimum absolute atomic E-state index is 0.0787. The molecule has 1 aromatic heterocycles. The third kappa shape index (κ3) is 5.92. The normalized spacial score (nSPS) is 11.8. The van der Waals surface area contributed by atoms with Gasteiger partial charge in [-0.15, -0.1) is 0 Å². The van der Waals surface area contributed by atoms with Crippen LogP contribution in [0, 0.1) is 0 Å². The van der Waals surface area contributed by atoms with Crippen molar-refractivity contribution < 1.29 is 17.6 Å². The van der Waals surface area contributed by atoms with Gasteiger partial charge in [-0.05, 0) is 59.5 Å². The second-order valence-corrected chi connectivity index (χ2v) is 8.84. The summed E-state index contributed by atoms with van der Waals surface area (Å²) >= 11 is 0. The number of anilines is 1. The van der Waals surface area contributed by atoms with Gasteiger partial charge < -0.3 is 9.73 Å². The molecule has 0 aliphatic carbocycles.